The zero-order valence-electron chi connectivity index (χ0n) is 7.72. The molecule has 2 atom stereocenters. The molecule has 0 saturated carbocycles. The molecule has 0 N–H and O–H groups in total. The third-order valence-electron chi connectivity index (χ3n) is 3.09. The van der Waals surface area contributed by atoms with Gasteiger partial charge in [-0.2, -0.15) is 11.8 Å². The maximum Gasteiger partial charge on any atom is 0.0260 e. The van der Waals surface area contributed by atoms with Crippen LogP contribution >= 0.6 is 11.8 Å². The molecule has 2 aliphatic rings. The van der Waals surface area contributed by atoms with Crippen molar-refractivity contribution in [3.05, 3.63) is 10.4 Å². The molecule has 2 rings (SSSR count). The normalized spacial score (nSPS) is 37.1. The summed E-state index contributed by atoms with van der Waals surface area (Å²) in [6, 6.07) is 0. The predicted octanol–water partition coefficient (Wildman–Crippen LogP) is 3.36. The standard InChI is InChI=1S/C9H15N3S/c10-12-11-4-3-7-5-8-1-2-9(6-7)13-8/h7-9H,1-6H2. The zero-order valence-corrected chi connectivity index (χ0v) is 8.54. The number of hydrogen-bond donors (Lipinski definition) is 0. The maximum absolute atomic E-state index is 8.17. The van der Waals surface area contributed by atoms with Crippen LogP contribution in [0.5, 0.6) is 0 Å². The van der Waals surface area contributed by atoms with E-state index in [9.17, 15) is 0 Å². The SMILES string of the molecule is [N-]=[N+]=NCCC1CC2CCC(C1)S2. The molecular weight excluding hydrogens is 182 g/mol. The van der Waals surface area contributed by atoms with E-state index in [1.807, 2.05) is 0 Å². The van der Waals surface area contributed by atoms with Gasteiger partial charge in [0.15, 0.2) is 0 Å². The Labute approximate surface area is 82.9 Å². The molecule has 2 fully saturated rings. The highest BCUT2D eigenvalue weighted by Gasteiger charge is 2.34. The molecule has 13 heavy (non-hydrogen) atoms. The van der Waals surface area contributed by atoms with Crippen LogP contribution < -0.4 is 0 Å². The fourth-order valence-corrected chi connectivity index (χ4v) is 4.34. The van der Waals surface area contributed by atoms with Crippen molar-refractivity contribution in [2.75, 3.05) is 6.54 Å². The van der Waals surface area contributed by atoms with Gasteiger partial charge in [0, 0.05) is 22.0 Å². The summed E-state index contributed by atoms with van der Waals surface area (Å²) in [5.74, 6) is 0.837. The largest absolute Gasteiger partial charge is 0.155 e. The van der Waals surface area contributed by atoms with E-state index in [2.05, 4.69) is 21.8 Å². The van der Waals surface area contributed by atoms with Crippen molar-refractivity contribution in [2.45, 2.75) is 42.6 Å². The Morgan fingerprint density at radius 3 is 2.62 bits per heavy atom. The second kappa shape index (κ2) is 4.25. The lowest BCUT2D eigenvalue weighted by Crippen LogP contribution is -2.17. The number of rotatable bonds is 3. The lowest BCUT2D eigenvalue weighted by molar-refractivity contribution is 0.428. The third-order valence-corrected chi connectivity index (χ3v) is 4.71. The van der Waals surface area contributed by atoms with Gasteiger partial charge in [0.1, 0.15) is 0 Å². The summed E-state index contributed by atoms with van der Waals surface area (Å²) in [6.45, 7) is 0.700. The fourth-order valence-electron chi connectivity index (χ4n) is 2.49. The molecule has 2 saturated heterocycles. The van der Waals surface area contributed by atoms with E-state index in [1.165, 1.54) is 25.7 Å². The topological polar surface area (TPSA) is 48.8 Å². The van der Waals surface area contributed by atoms with Crippen molar-refractivity contribution in [1.82, 2.24) is 0 Å². The van der Waals surface area contributed by atoms with E-state index < -0.39 is 0 Å². The first-order chi connectivity index (χ1) is 6.38. The second-order valence-electron chi connectivity index (χ2n) is 4.04. The minimum atomic E-state index is 0.700. The van der Waals surface area contributed by atoms with E-state index in [4.69, 9.17) is 5.53 Å². The number of fused-ring (bicyclic) bond motifs is 2. The lowest BCUT2D eigenvalue weighted by Gasteiger charge is -2.26. The van der Waals surface area contributed by atoms with Crippen molar-refractivity contribution < 1.29 is 0 Å². The molecule has 0 aromatic rings. The summed E-state index contributed by atoms with van der Waals surface area (Å²) in [4.78, 5) is 2.79. The molecule has 2 heterocycles. The van der Waals surface area contributed by atoms with Gasteiger partial charge < -0.3 is 0 Å². The molecular formula is C9H15N3S. The number of azide groups is 1. The second-order valence-corrected chi connectivity index (χ2v) is 5.64. The molecule has 0 radical (unpaired) electrons. The van der Waals surface area contributed by atoms with Crippen LogP contribution in [0.3, 0.4) is 0 Å². The molecule has 0 aromatic carbocycles. The quantitative estimate of drug-likeness (QED) is 0.389. The van der Waals surface area contributed by atoms with Gasteiger partial charge in [-0.25, -0.2) is 0 Å². The first-order valence-electron chi connectivity index (χ1n) is 5.05. The molecule has 2 unspecified atom stereocenters. The Morgan fingerprint density at radius 1 is 1.31 bits per heavy atom. The van der Waals surface area contributed by atoms with Gasteiger partial charge in [-0.3, -0.25) is 0 Å². The van der Waals surface area contributed by atoms with Crippen molar-refractivity contribution in [1.29, 1.82) is 0 Å². The zero-order chi connectivity index (χ0) is 9.10. The van der Waals surface area contributed by atoms with Gasteiger partial charge in [-0.05, 0) is 43.6 Å². The average molecular weight is 197 g/mol. The highest BCUT2D eigenvalue weighted by molar-refractivity contribution is 8.00. The fraction of sp³-hybridized carbons (Fsp3) is 1.00. The highest BCUT2D eigenvalue weighted by atomic mass is 32.2. The van der Waals surface area contributed by atoms with E-state index in [0.717, 1.165) is 22.8 Å². The minimum Gasteiger partial charge on any atom is -0.155 e. The summed E-state index contributed by atoms with van der Waals surface area (Å²) in [5, 5.41) is 5.46. The Bertz CT molecular complexity index is 213. The van der Waals surface area contributed by atoms with E-state index >= 15 is 0 Å². The van der Waals surface area contributed by atoms with Crippen LogP contribution in [0.15, 0.2) is 5.11 Å². The Morgan fingerprint density at radius 2 is 2.00 bits per heavy atom. The molecule has 0 amide bonds. The van der Waals surface area contributed by atoms with Gasteiger partial charge in [-0.1, -0.05) is 5.11 Å². The smallest absolute Gasteiger partial charge is 0.0260 e. The molecule has 0 aliphatic carbocycles. The third kappa shape index (κ3) is 2.32. The van der Waals surface area contributed by atoms with Crippen molar-refractivity contribution in [2.24, 2.45) is 11.0 Å². The van der Waals surface area contributed by atoms with Crippen LogP contribution in [0, 0.1) is 5.92 Å². The van der Waals surface area contributed by atoms with E-state index in [1.54, 1.807) is 0 Å². The molecule has 0 spiro atoms. The first-order valence-corrected chi connectivity index (χ1v) is 5.99. The summed E-state index contributed by atoms with van der Waals surface area (Å²) < 4.78 is 0. The van der Waals surface area contributed by atoms with Crippen molar-refractivity contribution in [3.63, 3.8) is 0 Å². The molecule has 72 valence electrons. The monoisotopic (exact) mass is 197 g/mol. The van der Waals surface area contributed by atoms with Crippen LogP contribution in [0.4, 0.5) is 0 Å². The minimum absolute atomic E-state index is 0.700. The molecule has 3 nitrogen and oxygen atoms in total. The van der Waals surface area contributed by atoms with Crippen LogP contribution in [-0.4, -0.2) is 17.0 Å². The van der Waals surface area contributed by atoms with Gasteiger partial charge in [0.05, 0.1) is 0 Å². The van der Waals surface area contributed by atoms with Crippen LogP contribution in [0.1, 0.15) is 32.1 Å². The number of thioether (sulfide) groups is 1. The summed E-state index contributed by atoms with van der Waals surface area (Å²) in [5.41, 5.74) is 8.17. The van der Waals surface area contributed by atoms with Gasteiger partial charge in [0.2, 0.25) is 0 Å². The van der Waals surface area contributed by atoms with Gasteiger partial charge in [0.25, 0.3) is 0 Å². The van der Waals surface area contributed by atoms with E-state index in [-0.39, 0.29) is 0 Å². The summed E-state index contributed by atoms with van der Waals surface area (Å²) in [6.07, 6.45) is 6.68. The summed E-state index contributed by atoms with van der Waals surface area (Å²) in [7, 11) is 0. The first kappa shape index (κ1) is 9.22. The van der Waals surface area contributed by atoms with Crippen LogP contribution in [-0.2, 0) is 0 Å². The Kier molecular flexibility index (Phi) is 3.01. The molecule has 2 bridgehead atoms. The molecule has 4 heteroatoms. The highest BCUT2D eigenvalue weighted by Crippen LogP contribution is 2.46. The lowest BCUT2D eigenvalue weighted by atomic mass is 9.96. The van der Waals surface area contributed by atoms with Crippen molar-refractivity contribution in [3.8, 4) is 0 Å². The Hall–Kier alpha value is -0.340. The predicted molar refractivity (Wildman–Crippen MR) is 55.8 cm³/mol. The number of hydrogen-bond acceptors (Lipinski definition) is 2. The number of nitrogens with zero attached hydrogens (tertiary/aromatic N) is 3. The maximum atomic E-state index is 8.17. The van der Waals surface area contributed by atoms with Crippen LogP contribution in [0.25, 0.3) is 10.4 Å². The van der Waals surface area contributed by atoms with Crippen molar-refractivity contribution >= 4 is 11.8 Å². The van der Waals surface area contributed by atoms with Crippen LogP contribution in [0.2, 0.25) is 0 Å². The van der Waals surface area contributed by atoms with Gasteiger partial charge in [-0.15, -0.1) is 0 Å². The molecule has 2 aliphatic heterocycles. The van der Waals surface area contributed by atoms with E-state index in [0.29, 0.717) is 6.54 Å². The molecule has 0 aromatic heterocycles. The Balaban J connectivity index is 1.78. The average Bonchev–Trinajstić information content (AvgIpc) is 2.46. The van der Waals surface area contributed by atoms with Gasteiger partial charge >= 0.3 is 0 Å². The summed E-state index contributed by atoms with van der Waals surface area (Å²) >= 11 is 2.19.